The van der Waals surface area contributed by atoms with Crippen LogP contribution in [0.25, 0.3) is 0 Å². The fourth-order valence-electron chi connectivity index (χ4n) is 1.93. The first kappa shape index (κ1) is 12.5. The Hall–Kier alpha value is -0.610. The lowest BCUT2D eigenvalue weighted by Gasteiger charge is -2.35. The van der Waals surface area contributed by atoms with Gasteiger partial charge in [-0.25, -0.2) is 0 Å². The second-order valence-corrected chi connectivity index (χ2v) is 4.22. The highest BCUT2D eigenvalue weighted by molar-refractivity contribution is 5.76. The van der Waals surface area contributed by atoms with E-state index in [9.17, 15) is 4.79 Å². The molecule has 0 aromatic carbocycles. The molecule has 0 radical (unpaired) electrons. The SMILES string of the molecule is CCOC1CC(CC(=O)N(C)CCN)C1. The van der Waals surface area contributed by atoms with E-state index in [1.54, 1.807) is 4.90 Å². The molecule has 0 heterocycles. The summed E-state index contributed by atoms with van der Waals surface area (Å²) in [6, 6.07) is 0. The van der Waals surface area contributed by atoms with Gasteiger partial charge >= 0.3 is 0 Å². The smallest absolute Gasteiger partial charge is 0.222 e. The molecule has 0 aromatic heterocycles. The molecule has 4 heteroatoms. The summed E-state index contributed by atoms with van der Waals surface area (Å²) in [5, 5.41) is 0. The highest BCUT2D eigenvalue weighted by atomic mass is 16.5. The van der Waals surface area contributed by atoms with Crippen molar-refractivity contribution >= 4 is 5.91 Å². The molecule has 0 atom stereocenters. The van der Waals surface area contributed by atoms with Crippen LogP contribution >= 0.6 is 0 Å². The number of nitrogens with two attached hydrogens (primary N) is 1. The van der Waals surface area contributed by atoms with Crippen molar-refractivity contribution in [1.29, 1.82) is 0 Å². The van der Waals surface area contributed by atoms with E-state index in [1.165, 1.54) is 0 Å². The van der Waals surface area contributed by atoms with Gasteiger partial charge in [0.15, 0.2) is 0 Å². The van der Waals surface area contributed by atoms with E-state index in [0.29, 0.717) is 31.5 Å². The molecular formula is C11H22N2O2. The van der Waals surface area contributed by atoms with Crippen molar-refractivity contribution in [3.05, 3.63) is 0 Å². The molecule has 1 fully saturated rings. The number of hydrogen-bond acceptors (Lipinski definition) is 3. The summed E-state index contributed by atoms with van der Waals surface area (Å²) in [5.41, 5.74) is 5.39. The molecule has 0 aliphatic heterocycles. The fraction of sp³-hybridized carbons (Fsp3) is 0.909. The van der Waals surface area contributed by atoms with E-state index in [1.807, 2.05) is 14.0 Å². The molecule has 15 heavy (non-hydrogen) atoms. The third kappa shape index (κ3) is 3.80. The molecule has 0 unspecified atom stereocenters. The third-order valence-electron chi connectivity index (χ3n) is 2.95. The van der Waals surface area contributed by atoms with Gasteiger partial charge in [0.2, 0.25) is 5.91 Å². The minimum atomic E-state index is 0.209. The van der Waals surface area contributed by atoms with Crippen LogP contribution in [0.2, 0.25) is 0 Å². The Labute approximate surface area is 91.8 Å². The van der Waals surface area contributed by atoms with Gasteiger partial charge < -0.3 is 15.4 Å². The maximum absolute atomic E-state index is 11.6. The summed E-state index contributed by atoms with van der Waals surface area (Å²) in [6.45, 7) is 3.97. The molecular weight excluding hydrogens is 192 g/mol. The van der Waals surface area contributed by atoms with E-state index in [2.05, 4.69) is 0 Å². The van der Waals surface area contributed by atoms with Gasteiger partial charge in [-0.3, -0.25) is 4.79 Å². The van der Waals surface area contributed by atoms with Gasteiger partial charge in [-0.2, -0.15) is 0 Å². The molecule has 0 saturated heterocycles. The molecule has 0 bridgehead atoms. The van der Waals surface area contributed by atoms with Gasteiger partial charge in [-0.15, -0.1) is 0 Å². The highest BCUT2D eigenvalue weighted by Gasteiger charge is 2.31. The minimum Gasteiger partial charge on any atom is -0.378 e. The van der Waals surface area contributed by atoms with Crippen LogP contribution in [-0.4, -0.2) is 43.7 Å². The lowest BCUT2D eigenvalue weighted by molar-refractivity contribution is -0.133. The highest BCUT2D eigenvalue weighted by Crippen LogP contribution is 2.32. The number of nitrogens with zero attached hydrogens (tertiary/aromatic N) is 1. The first-order chi connectivity index (χ1) is 7.17. The van der Waals surface area contributed by atoms with Gasteiger partial charge in [0.1, 0.15) is 0 Å². The number of carbonyl (C=O) groups excluding carboxylic acids is 1. The van der Waals surface area contributed by atoms with Crippen LogP contribution in [-0.2, 0) is 9.53 Å². The molecule has 0 aromatic rings. The monoisotopic (exact) mass is 214 g/mol. The number of ether oxygens (including phenoxy) is 1. The fourth-order valence-corrected chi connectivity index (χ4v) is 1.93. The van der Waals surface area contributed by atoms with Crippen LogP contribution in [0.3, 0.4) is 0 Å². The normalized spacial score (nSPS) is 24.7. The summed E-state index contributed by atoms with van der Waals surface area (Å²) in [4.78, 5) is 13.3. The number of carbonyl (C=O) groups is 1. The van der Waals surface area contributed by atoms with Crippen LogP contribution in [0.5, 0.6) is 0 Å². The minimum absolute atomic E-state index is 0.209. The van der Waals surface area contributed by atoms with E-state index < -0.39 is 0 Å². The topological polar surface area (TPSA) is 55.6 Å². The number of amides is 1. The molecule has 1 aliphatic carbocycles. The number of hydrogen-bond donors (Lipinski definition) is 1. The van der Waals surface area contributed by atoms with Crippen molar-refractivity contribution < 1.29 is 9.53 Å². The zero-order chi connectivity index (χ0) is 11.3. The second kappa shape index (κ2) is 6.08. The molecule has 1 amide bonds. The summed E-state index contributed by atoms with van der Waals surface area (Å²) in [7, 11) is 1.81. The first-order valence-electron chi connectivity index (χ1n) is 5.73. The molecule has 88 valence electrons. The van der Waals surface area contributed by atoms with Gasteiger partial charge in [-0.1, -0.05) is 0 Å². The quantitative estimate of drug-likeness (QED) is 0.704. The zero-order valence-electron chi connectivity index (χ0n) is 9.74. The summed E-state index contributed by atoms with van der Waals surface area (Å²) in [6.07, 6.45) is 3.12. The lowest BCUT2D eigenvalue weighted by atomic mass is 9.80. The maximum Gasteiger partial charge on any atom is 0.222 e. The Kier molecular flexibility index (Phi) is 5.05. The van der Waals surface area contributed by atoms with E-state index >= 15 is 0 Å². The average Bonchev–Trinajstić information content (AvgIpc) is 2.14. The summed E-state index contributed by atoms with van der Waals surface area (Å²) >= 11 is 0. The summed E-state index contributed by atoms with van der Waals surface area (Å²) < 4.78 is 5.45. The number of likely N-dealkylation sites (N-methyl/N-ethyl adjacent to an activating group) is 1. The molecule has 1 rings (SSSR count). The summed E-state index contributed by atoms with van der Waals surface area (Å²) in [5.74, 6) is 0.731. The van der Waals surface area contributed by atoms with E-state index in [0.717, 1.165) is 19.4 Å². The standard InChI is InChI=1S/C11H22N2O2/c1-3-15-10-6-9(7-10)8-11(14)13(2)5-4-12/h9-10H,3-8,12H2,1-2H3. The van der Waals surface area contributed by atoms with Crippen molar-refractivity contribution in [2.24, 2.45) is 11.7 Å². The van der Waals surface area contributed by atoms with Crippen LogP contribution < -0.4 is 5.73 Å². The van der Waals surface area contributed by atoms with Crippen LogP contribution in [0, 0.1) is 5.92 Å². The van der Waals surface area contributed by atoms with Crippen molar-refractivity contribution in [2.45, 2.75) is 32.3 Å². The first-order valence-corrected chi connectivity index (χ1v) is 5.73. The predicted molar refractivity (Wildman–Crippen MR) is 59.4 cm³/mol. The van der Waals surface area contributed by atoms with Crippen LogP contribution in [0.1, 0.15) is 26.2 Å². The number of rotatable bonds is 6. The van der Waals surface area contributed by atoms with Crippen molar-refractivity contribution in [1.82, 2.24) is 4.90 Å². The average molecular weight is 214 g/mol. The Morgan fingerprint density at radius 2 is 2.20 bits per heavy atom. The molecule has 2 N–H and O–H groups in total. The van der Waals surface area contributed by atoms with Gasteiger partial charge in [0.25, 0.3) is 0 Å². The zero-order valence-corrected chi connectivity index (χ0v) is 9.74. The maximum atomic E-state index is 11.6. The van der Waals surface area contributed by atoms with Crippen molar-refractivity contribution in [3.63, 3.8) is 0 Å². The van der Waals surface area contributed by atoms with Crippen molar-refractivity contribution in [3.8, 4) is 0 Å². The Balaban J connectivity index is 2.13. The molecule has 1 aliphatic rings. The largest absolute Gasteiger partial charge is 0.378 e. The molecule has 0 spiro atoms. The Morgan fingerprint density at radius 3 is 2.73 bits per heavy atom. The molecule has 4 nitrogen and oxygen atoms in total. The second-order valence-electron chi connectivity index (χ2n) is 4.22. The Bertz CT molecular complexity index is 203. The van der Waals surface area contributed by atoms with Gasteiger partial charge in [0, 0.05) is 33.2 Å². The predicted octanol–water partition coefficient (Wildman–Crippen LogP) is 0.609. The van der Waals surface area contributed by atoms with Gasteiger partial charge in [-0.05, 0) is 25.7 Å². The molecule has 1 saturated carbocycles. The van der Waals surface area contributed by atoms with Gasteiger partial charge in [0.05, 0.1) is 6.10 Å². The van der Waals surface area contributed by atoms with Crippen molar-refractivity contribution in [2.75, 3.05) is 26.7 Å². The third-order valence-corrected chi connectivity index (χ3v) is 2.95. The lowest BCUT2D eigenvalue weighted by Crippen LogP contribution is -2.38. The van der Waals surface area contributed by atoms with E-state index in [-0.39, 0.29) is 5.91 Å². The van der Waals surface area contributed by atoms with E-state index in [4.69, 9.17) is 10.5 Å². The Morgan fingerprint density at radius 1 is 1.53 bits per heavy atom. The van der Waals surface area contributed by atoms with Crippen LogP contribution in [0.15, 0.2) is 0 Å². The van der Waals surface area contributed by atoms with Crippen LogP contribution in [0.4, 0.5) is 0 Å².